The van der Waals surface area contributed by atoms with Crippen molar-refractivity contribution in [1.29, 1.82) is 0 Å². The van der Waals surface area contributed by atoms with E-state index in [1.807, 2.05) is 0 Å². The number of rotatable bonds is 58. The molecule has 5 N–H and O–H groups in total. The van der Waals surface area contributed by atoms with E-state index in [4.69, 9.17) is 0 Å². The number of amides is 1. The van der Waals surface area contributed by atoms with Gasteiger partial charge in [0, 0.05) is 0 Å². The Morgan fingerprint density at radius 2 is 0.600 bits per heavy atom. The number of aliphatic hydroxyl groups is 4. The molecule has 0 aliphatic carbocycles. The summed E-state index contributed by atoms with van der Waals surface area (Å²) in [5.74, 6) is -0.594. The molecule has 0 aromatic carbocycles. The topological polar surface area (TPSA) is 110 Å². The molecule has 6 heteroatoms. The molecule has 0 saturated heterocycles. The molecule has 0 saturated carbocycles. The Kier molecular flexibility index (Phi) is 57.2. The summed E-state index contributed by atoms with van der Waals surface area (Å²) >= 11 is 0. The number of aliphatic hydroxyl groups excluding tert-OH is 4. The summed E-state index contributed by atoms with van der Waals surface area (Å²) < 4.78 is 0. The first-order valence-corrected chi connectivity index (χ1v) is 31.4. The first-order chi connectivity index (χ1) is 34.5. The summed E-state index contributed by atoms with van der Waals surface area (Å²) in [6, 6.07) is -1.01. The average Bonchev–Trinajstić information content (AvgIpc) is 3.36. The van der Waals surface area contributed by atoms with Gasteiger partial charge in [-0.25, -0.2) is 0 Å². The molecule has 0 aromatic heterocycles. The summed E-state index contributed by atoms with van der Waals surface area (Å²) in [6.07, 6.45) is 73.9. The minimum atomic E-state index is -1.29. The van der Waals surface area contributed by atoms with E-state index in [9.17, 15) is 25.2 Å². The van der Waals surface area contributed by atoms with Crippen LogP contribution in [0.15, 0.2) is 36.5 Å². The Balaban J connectivity index is 3.65. The van der Waals surface area contributed by atoms with E-state index in [1.54, 1.807) is 0 Å². The number of allylic oxidation sites excluding steroid dienone is 6. The standard InChI is InChI=1S/C64H123NO5/c1-3-5-7-9-11-13-15-17-19-21-23-25-27-28-29-30-31-32-33-34-35-36-38-39-41-43-45-47-49-51-53-55-57-61(67)63(69)60(59-66)65-64(70)62(68)58-56-54-52-50-48-46-44-42-40-37-26-24-22-20-18-16-14-12-10-8-6-4-2/h35-36,41,43,49,51,60-63,66-69H,3-34,37-40,42,44-48,50,52-59H2,1-2H3,(H,65,70)/b36-35+,43-41+,51-49+. The van der Waals surface area contributed by atoms with Gasteiger partial charge in [-0.05, 0) is 64.2 Å². The SMILES string of the molecule is CCCCCCCCCCCCCCCCCCCCC/C=C/CC/C=C/CC/C=C/CCCC(O)C(O)C(CO)NC(=O)C(O)CCCCCCCCCCCCCCCCCCCCCCCC. The molecule has 0 bridgehead atoms. The van der Waals surface area contributed by atoms with Gasteiger partial charge < -0.3 is 25.7 Å². The molecule has 0 aromatic rings. The fourth-order valence-corrected chi connectivity index (χ4v) is 9.91. The number of carbonyl (C=O) groups is 1. The lowest BCUT2D eigenvalue weighted by Crippen LogP contribution is -2.53. The molecule has 0 rings (SSSR count). The van der Waals surface area contributed by atoms with E-state index in [-0.39, 0.29) is 0 Å². The van der Waals surface area contributed by atoms with E-state index in [0.29, 0.717) is 19.3 Å². The summed E-state index contributed by atoms with van der Waals surface area (Å²) in [6.45, 7) is 4.08. The predicted octanol–water partition coefficient (Wildman–Crippen LogP) is 18.8. The van der Waals surface area contributed by atoms with Gasteiger partial charge in [-0.2, -0.15) is 0 Å². The molecule has 6 nitrogen and oxygen atoms in total. The highest BCUT2D eigenvalue weighted by Gasteiger charge is 2.28. The Hall–Kier alpha value is -1.47. The van der Waals surface area contributed by atoms with Crippen molar-refractivity contribution in [2.24, 2.45) is 0 Å². The van der Waals surface area contributed by atoms with Crippen LogP contribution in [-0.4, -0.2) is 57.3 Å². The van der Waals surface area contributed by atoms with Gasteiger partial charge >= 0.3 is 0 Å². The highest BCUT2D eigenvalue weighted by molar-refractivity contribution is 5.80. The quantitative estimate of drug-likeness (QED) is 0.0308. The Morgan fingerprint density at radius 1 is 0.343 bits per heavy atom. The molecule has 0 spiro atoms. The lowest BCUT2D eigenvalue weighted by Gasteiger charge is -2.27. The minimum Gasteiger partial charge on any atom is -0.394 e. The Morgan fingerprint density at radius 3 is 0.900 bits per heavy atom. The number of hydrogen-bond acceptors (Lipinski definition) is 5. The lowest BCUT2D eigenvalue weighted by atomic mass is 10.00. The zero-order valence-corrected chi connectivity index (χ0v) is 47.0. The van der Waals surface area contributed by atoms with Crippen LogP contribution in [0.3, 0.4) is 0 Å². The first-order valence-electron chi connectivity index (χ1n) is 31.4. The van der Waals surface area contributed by atoms with E-state index in [0.717, 1.165) is 51.4 Å². The van der Waals surface area contributed by atoms with Gasteiger partial charge in [-0.1, -0.05) is 307 Å². The molecule has 1 amide bonds. The third-order valence-electron chi connectivity index (χ3n) is 14.8. The fourth-order valence-electron chi connectivity index (χ4n) is 9.91. The normalized spacial score (nSPS) is 13.9. The Bertz CT molecular complexity index is 1110. The van der Waals surface area contributed by atoms with Gasteiger partial charge in [0.25, 0.3) is 0 Å². The van der Waals surface area contributed by atoms with Gasteiger partial charge in [0.15, 0.2) is 0 Å². The van der Waals surface area contributed by atoms with E-state index in [2.05, 4.69) is 55.6 Å². The molecule has 4 atom stereocenters. The molecule has 0 aliphatic rings. The van der Waals surface area contributed by atoms with Crippen LogP contribution in [0.2, 0.25) is 0 Å². The largest absolute Gasteiger partial charge is 0.394 e. The van der Waals surface area contributed by atoms with Crippen LogP contribution in [0.1, 0.15) is 335 Å². The van der Waals surface area contributed by atoms with Crippen molar-refractivity contribution in [3.8, 4) is 0 Å². The van der Waals surface area contributed by atoms with Crippen molar-refractivity contribution in [2.75, 3.05) is 6.61 Å². The van der Waals surface area contributed by atoms with Crippen molar-refractivity contribution in [1.82, 2.24) is 5.32 Å². The molecule has 0 fully saturated rings. The molecule has 414 valence electrons. The van der Waals surface area contributed by atoms with Gasteiger partial charge in [0.05, 0.1) is 18.8 Å². The van der Waals surface area contributed by atoms with Crippen molar-refractivity contribution < 1.29 is 25.2 Å². The second-order valence-corrected chi connectivity index (χ2v) is 21.7. The van der Waals surface area contributed by atoms with Crippen LogP contribution in [0.5, 0.6) is 0 Å². The molecule has 0 radical (unpaired) electrons. The number of unbranched alkanes of at least 4 members (excludes halogenated alkanes) is 43. The molecular weight excluding hydrogens is 863 g/mol. The van der Waals surface area contributed by atoms with E-state index < -0.39 is 36.9 Å². The summed E-state index contributed by atoms with van der Waals surface area (Å²) in [5, 5.41) is 44.0. The van der Waals surface area contributed by atoms with Crippen molar-refractivity contribution in [3.63, 3.8) is 0 Å². The first kappa shape index (κ1) is 68.5. The zero-order chi connectivity index (χ0) is 50.9. The summed E-state index contributed by atoms with van der Waals surface area (Å²) in [4.78, 5) is 12.6. The predicted molar refractivity (Wildman–Crippen MR) is 307 cm³/mol. The second-order valence-electron chi connectivity index (χ2n) is 21.7. The summed E-state index contributed by atoms with van der Waals surface area (Å²) in [7, 11) is 0. The highest BCUT2D eigenvalue weighted by atomic mass is 16.3. The van der Waals surface area contributed by atoms with Gasteiger partial charge in [-0.3, -0.25) is 4.79 Å². The maximum atomic E-state index is 12.6. The molecule has 4 unspecified atom stereocenters. The van der Waals surface area contributed by atoms with Crippen LogP contribution in [-0.2, 0) is 4.79 Å². The van der Waals surface area contributed by atoms with Gasteiger partial charge in [0.1, 0.15) is 12.2 Å². The molecular formula is C64H123NO5. The number of nitrogens with one attached hydrogen (secondary N) is 1. The third-order valence-corrected chi connectivity index (χ3v) is 14.8. The Labute approximate surface area is 437 Å². The molecule has 70 heavy (non-hydrogen) atoms. The maximum absolute atomic E-state index is 12.6. The summed E-state index contributed by atoms with van der Waals surface area (Å²) in [5.41, 5.74) is 0. The molecule has 0 heterocycles. The minimum absolute atomic E-state index is 0.362. The van der Waals surface area contributed by atoms with Crippen LogP contribution in [0.25, 0.3) is 0 Å². The maximum Gasteiger partial charge on any atom is 0.249 e. The monoisotopic (exact) mass is 986 g/mol. The highest BCUT2D eigenvalue weighted by Crippen LogP contribution is 2.18. The lowest BCUT2D eigenvalue weighted by molar-refractivity contribution is -0.132. The van der Waals surface area contributed by atoms with Crippen molar-refractivity contribution >= 4 is 5.91 Å². The average molecular weight is 987 g/mol. The second kappa shape index (κ2) is 58.4. The van der Waals surface area contributed by atoms with Crippen LogP contribution in [0.4, 0.5) is 0 Å². The fraction of sp³-hybridized carbons (Fsp3) is 0.891. The van der Waals surface area contributed by atoms with E-state index >= 15 is 0 Å². The van der Waals surface area contributed by atoms with Crippen LogP contribution < -0.4 is 5.32 Å². The smallest absolute Gasteiger partial charge is 0.249 e. The zero-order valence-electron chi connectivity index (χ0n) is 47.0. The molecule has 0 aliphatic heterocycles. The third kappa shape index (κ3) is 51.4. The van der Waals surface area contributed by atoms with Gasteiger partial charge in [-0.15, -0.1) is 0 Å². The number of hydrogen-bond donors (Lipinski definition) is 5. The van der Waals surface area contributed by atoms with Crippen LogP contribution in [0, 0.1) is 0 Å². The van der Waals surface area contributed by atoms with Crippen molar-refractivity contribution in [3.05, 3.63) is 36.5 Å². The van der Waals surface area contributed by atoms with Gasteiger partial charge in [0.2, 0.25) is 5.91 Å². The van der Waals surface area contributed by atoms with E-state index in [1.165, 1.54) is 250 Å². The van der Waals surface area contributed by atoms with Crippen molar-refractivity contribution in [2.45, 2.75) is 359 Å². The van der Waals surface area contributed by atoms with Crippen LogP contribution >= 0.6 is 0 Å². The number of carbonyl (C=O) groups excluding carboxylic acids is 1.